The van der Waals surface area contributed by atoms with Crippen LogP contribution >= 0.6 is 24.8 Å². The quantitative estimate of drug-likeness (QED) is 0.627. The van der Waals surface area contributed by atoms with Crippen LogP contribution in [0.5, 0.6) is 0 Å². The number of amides is 2. The fourth-order valence-electron chi connectivity index (χ4n) is 2.49. The second-order valence-corrected chi connectivity index (χ2v) is 5.28. The number of rotatable bonds is 7. The third-order valence-corrected chi connectivity index (χ3v) is 3.74. The molecule has 0 spiro atoms. The van der Waals surface area contributed by atoms with E-state index in [-0.39, 0.29) is 30.7 Å². The predicted molar refractivity (Wildman–Crippen MR) is 101 cm³/mol. The molecule has 142 valence electrons. The Morgan fingerprint density at radius 3 is 2.56 bits per heavy atom. The number of hydrogen-bond acceptors (Lipinski definition) is 6. The number of anilines is 1. The van der Waals surface area contributed by atoms with Crippen LogP contribution < -0.4 is 16.0 Å². The maximum Gasteiger partial charge on any atom is 0.252 e. The molecule has 0 aliphatic carbocycles. The molecule has 0 unspecified atom stereocenters. The summed E-state index contributed by atoms with van der Waals surface area (Å²) in [5.41, 5.74) is 5.80. The summed E-state index contributed by atoms with van der Waals surface area (Å²) in [6.45, 7) is 3.98. The van der Waals surface area contributed by atoms with Crippen molar-refractivity contribution in [1.82, 2.24) is 15.2 Å². The molecule has 0 saturated carbocycles. The third kappa shape index (κ3) is 6.66. The Morgan fingerprint density at radius 2 is 1.96 bits per heavy atom. The lowest BCUT2D eigenvalue weighted by Gasteiger charge is -2.36. The molecule has 1 fully saturated rings. The molecule has 0 bridgehead atoms. The van der Waals surface area contributed by atoms with Gasteiger partial charge in [0.05, 0.1) is 18.7 Å². The van der Waals surface area contributed by atoms with Crippen LogP contribution in [0.15, 0.2) is 18.3 Å². The van der Waals surface area contributed by atoms with E-state index in [0.717, 1.165) is 0 Å². The van der Waals surface area contributed by atoms with Gasteiger partial charge in [0.15, 0.2) is 0 Å². The van der Waals surface area contributed by atoms with Crippen LogP contribution in [0.2, 0.25) is 0 Å². The highest BCUT2D eigenvalue weighted by molar-refractivity contribution is 5.97. The van der Waals surface area contributed by atoms with Gasteiger partial charge in [0.2, 0.25) is 5.91 Å². The van der Waals surface area contributed by atoms with Gasteiger partial charge in [-0.2, -0.15) is 0 Å². The van der Waals surface area contributed by atoms with Crippen LogP contribution in [0.4, 0.5) is 5.82 Å². The van der Waals surface area contributed by atoms with Crippen molar-refractivity contribution >= 4 is 42.4 Å². The highest BCUT2D eigenvalue weighted by atomic mass is 35.5. The molecule has 8 nitrogen and oxygen atoms in total. The van der Waals surface area contributed by atoms with Crippen molar-refractivity contribution in [2.45, 2.75) is 0 Å². The van der Waals surface area contributed by atoms with Gasteiger partial charge < -0.3 is 25.6 Å². The highest BCUT2D eigenvalue weighted by Crippen LogP contribution is 2.18. The van der Waals surface area contributed by atoms with Crippen molar-refractivity contribution < 1.29 is 14.3 Å². The average Bonchev–Trinajstić information content (AvgIpc) is 2.58. The number of nitrogens with zero attached hydrogens (tertiary/aromatic N) is 3. The number of methoxy groups -OCH3 is 1. The SMILES string of the molecule is COCCNCC(=O)N1CCN(c2ncccc2C(N)=O)CC1.Cl.Cl. The summed E-state index contributed by atoms with van der Waals surface area (Å²) in [7, 11) is 1.63. The lowest BCUT2D eigenvalue weighted by atomic mass is 10.2. The maximum atomic E-state index is 12.1. The lowest BCUT2D eigenvalue weighted by Crippen LogP contribution is -2.51. The number of carbonyl (C=O) groups excluding carboxylic acids is 2. The van der Waals surface area contributed by atoms with E-state index in [9.17, 15) is 9.59 Å². The van der Waals surface area contributed by atoms with Gasteiger partial charge in [0.1, 0.15) is 5.82 Å². The average molecular weight is 394 g/mol. The minimum atomic E-state index is -0.492. The van der Waals surface area contributed by atoms with E-state index < -0.39 is 5.91 Å². The Bertz CT molecular complexity index is 554. The molecular weight excluding hydrogens is 369 g/mol. The minimum Gasteiger partial charge on any atom is -0.383 e. The molecule has 0 atom stereocenters. The number of halogens is 2. The van der Waals surface area contributed by atoms with E-state index in [2.05, 4.69) is 10.3 Å². The van der Waals surface area contributed by atoms with E-state index in [4.69, 9.17) is 10.5 Å². The smallest absolute Gasteiger partial charge is 0.252 e. The molecule has 1 aromatic heterocycles. The summed E-state index contributed by atoms with van der Waals surface area (Å²) in [6, 6.07) is 3.36. The fourth-order valence-corrected chi connectivity index (χ4v) is 2.49. The van der Waals surface area contributed by atoms with Crippen molar-refractivity contribution in [2.75, 3.05) is 57.9 Å². The predicted octanol–water partition coefficient (Wildman–Crippen LogP) is -0.0913. The van der Waals surface area contributed by atoms with Crippen LogP contribution in [-0.4, -0.2) is 74.7 Å². The Morgan fingerprint density at radius 1 is 1.28 bits per heavy atom. The molecule has 1 aromatic rings. The molecule has 2 amide bonds. The second kappa shape index (κ2) is 11.9. The molecule has 10 heteroatoms. The number of ether oxygens (including phenoxy) is 1. The first-order valence-corrected chi connectivity index (χ1v) is 7.60. The van der Waals surface area contributed by atoms with Crippen molar-refractivity contribution in [3.8, 4) is 0 Å². The lowest BCUT2D eigenvalue weighted by molar-refractivity contribution is -0.130. The van der Waals surface area contributed by atoms with E-state index in [1.807, 2.05) is 9.80 Å². The number of carbonyl (C=O) groups is 2. The Balaban J connectivity index is 0.00000288. The molecule has 1 aliphatic heterocycles. The maximum absolute atomic E-state index is 12.1. The Kier molecular flexibility index (Phi) is 11.1. The number of piperazine rings is 1. The van der Waals surface area contributed by atoms with Crippen LogP contribution in [-0.2, 0) is 9.53 Å². The monoisotopic (exact) mass is 393 g/mol. The van der Waals surface area contributed by atoms with Gasteiger partial charge in [0.25, 0.3) is 5.91 Å². The minimum absolute atomic E-state index is 0. The number of hydrogen-bond donors (Lipinski definition) is 2. The summed E-state index contributed by atoms with van der Waals surface area (Å²) in [5.74, 6) is 0.163. The molecule has 3 N–H and O–H groups in total. The van der Waals surface area contributed by atoms with Gasteiger partial charge in [-0.05, 0) is 12.1 Å². The number of aromatic nitrogens is 1. The summed E-state index contributed by atoms with van der Waals surface area (Å²) >= 11 is 0. The van der Waals surface area contributed by atoms with E-state index in [1.165, 1.54) is 0 Å². The van der Waals surface area contributed by atoms with E-state index >= 15 is 0 Å². The number of primary amides is 1. The first-order chi connectivity index (χ1) is 11.1. The van der Waals surface area contributed by atoms with Crippen molar-refractivity contribution in [3.63, 3.8) is 0 Å². The highest BCUT2D eigenvalue weighted by Gasteiger charge is 2.23. The van der Waals surface area contributed by atoms with Gasteiger partial charge >= 0.3 is 0 Å². The third-order valence-electron chi connectivity index (χ3n) is 3.74. The van der Waals surface area contributed by atoms with Crippen LogP contribution in [0.1, 0.15) is 10.4 Å². The van der Waals surface area contributed by atoms with Crippen molar-refractivity contribution in [2.24, 2.45) is 5.73 Å². The van der Waals surface area contributed by atoms with E-state index in [1.54, 1.807) is 25.4 Å². The first kappa shape index (κ1) is 23.4. The largest absolute Gasteiger partial charge is 0.383 e. The van der Waals surface area contributed by atoms with Gasteiger partial charge in [-0.15, -0.1) is 24.8 Å². The Labute approximate surface area is 159 Å². The van der Waals surface area contributed by atoms with Crippen LogP contribution in [0, 0.1) is 0 Å². The summed E-state index contributed by atoms with van der Waals surface area (Å²) < 4.78 is 4.92. The number of pyridine rings is 1. The van der Waals surface area contributed by atoms with Gasteiger partial charge in [-0.1, -0.05) is 0 Å². The fraction of sp³-hybridized carbons (Fsp3) is 0.533. The van der Waals surface area contributed by atoms with Gasteiger partial charge in [0, 0.05) is 46.0 Å². The zero-order chi connectivity index (χ0) is 16.7. The summed E-state index contributed by atoms with van der Waals surface area (Å²) in [4.78, 5) is 31.6. The topological polar surface area (TPSA) is 101 Å². The molecule has 2 rings (SSSR count). The van der Waals surface area contributed by atoms with Crippen molar-refractivity contribution in [1.29, 1.82) is 0 Å². The molecular formula is C15H25Cl2N5O3. The zero-order valence-corrected chi connectivity index (χ0v) is 15.8. The number of nitrogens with two attached hydrogens (primary N) is 1. The summed E-state index contributed by atoms with van der Waals surface area (Å²) in [5, 5.41) is 3.05. The molecule has 2 heterocycles. The van der Waals surface area contributed by atoms with Crippen LogP contribution in [0.25, 0.3) is 0 Å². The molecule has 0 aromatic carbocycles. The molecule has 0 radical (unpaired) electrons. The normalized spacial score (nSPS) is 13.6. The number of nitrogens with one attached hydrogen (secondary N) is 1. The molecule has 1 saturated heterocycles. The van der Waals surface area contributed by atoms with Gasteiger partial charge in [-0.25, -0.2) is 4.98 Å². The molecule has 1 aliphatic rings. The standard InChI is InChI=1S/C15H23N5O3.2ClH/c1-23-10-5-17-11-13(21)19-6-8-20(9-7-19)15-12(14(16)22)3-2-4-18-15;;/h2-4,17H,5-11H2,1H3,(H2,16,22);2*1H. The van der Waals surface area contributed by atoms with Gasteiger partial charge in [-0.3, -0.25) is 9.59 Å². The van der Waals surface area contributed by atoms with Crippen molar-refractivity contribution in [3.05, 3.63) is 23.9 Å². The summed E-state index contributed by atoms with van der Waals surface area (Å²) in [6.07, 6.45) is 1.64. The first-order valence-electron chi connectivity index (χ1n) is 7.60. The molecule has 25 heavy (non-hydrogen) atoms. The van der Waals surface area contributed by atoms with Crippen LogP contribution in [0.3, 0.4) is 0 Å². The zero-order valence-electron chi connectivity index (χ0n) is 14.1. The Hall–Kier alpha value is -1.61. The second-order valence-electron chi connectivity index (χ2n) is 5.28. The van der Waals surface area contributed by atoms with E-state index in [0.29, 0.717) is 57.3 Å².